The topological polar surface area (TPSA) is 76.8 Å². The molecule has 1 aliphatic heterocycles. The van der Waals surface area contributed by atoms with Gasteiger partial charge in [0.15, 0.2) is 5.82 Å². The summed E-state index contributed by atoms with van der Waals surface area (Å²) >= 11 is 0. The van der Waals surface area contributed by atoms with Crippen molar-refractivity contribution < 1.29 is 9.26 Å². The van der Waals surface area contributed by atoms with E-state index < -0.39 is 0 Å². The zero-order valence-electron chi connectivity index (χ0n) is 13.4. The predicted octanol–water partition coefficient (Wildman–Crippen LogP) is 2.85. The molecule has 4 rings (SSSR count). The molecule has 0 bridgehead atoms. The zero-order chi connectivity index (χ0) is 15.8. The number of fused-ring (bicyclic) bond motifs is 1. The molecular formula is C17H20N4O2. The minimum Gasteiger partial charge on any atom is -0.381 e. The Morgan fingerprint density at radius 1 is 1.17 bits per heavy atom. The third-order valence-electron chi connectivity index (χ3n) is 4.50. The van der Waals surface area contributed by atoms with Crippen LogP contribution in [0.4, 0.5) is 0 Å². The Hall–Kier alpha value is -2.21. The number of H-pyrrole nitrogens is 1. The lowest BCUT2D eigenvalue weighted by molar-refractivity contribution is 0.192. The van der Waals surface area contributed by atoms with E-state index in [1.54, 1.807) is 0 Å². The van der Waals surface area contributed by atoms with E-state index >= 15 is 0 Å². The van der Waals surface area contributed by atoms with Gasteiger partial charge in [-0.15, -0.1) is 0 Å². The average Bonchev–Trinajstić information content (AvgIpc) is 3.25. The first-order valence-electron chi connectivity index (χ1n) is 8.05. The van der Waals surface area contributed by atoms with E-state index in [1.165, 1.54) is 11.1 Å². The number of aryl methyl sites for hydroxylation is 4. The van der Waals surface area contributed by atoms with E-state index in [9.17, 15) is 0 Å². The van der Waals surface area contributed by atoms with E-state index in [1.807, 2.05) is 0 Å². The normalized spacial score (nSPS) is 18.1. The zero-order valence-corrected chi connectivity index (χ0v) is 13.4. The van der Waals surface area contributed by atoms with Crippen molar-refractivity contribution >= 4 is 11.0 Å². The highest BCUT2D eigenvalue weighted by molar-refractivity contribution is 5.77. The molecule has 0 unspecified atom stereocenters. The van der Waals surface area contributed by atoms with Gasteiger partial charge in [0, 0.05) is 25.4 Å². The van der Waals surface area contributed by atoms with Crippen molar-refractivity contribution in [2.45, 2.75) is 39.0 Å². The van der Waals surface area contributed by atoms with Crippen molar-refractivity contribution in [1.82, 2.24) is 20.1 Å². The van der Waals surface area contributed by atoms with Gasteiger partial charge in [-0.05, 0) is 43.5 Å². The third-order valence-corrected chi connectivity index (χ3v) is 4.50. The number of rotatable bonds is 4. The number of imidazole rings is 1. The van der Waals surface area contributed by atoms with Crippen molar-refractivity contribution in [2.75, 3.05) is 13.2 Å². The second kappa shape index (κ2) is 5.77. The van der Waals surface area contributed by atoms with Crippen LogP contribution in [0.3, 0.4) is 0 Å². The van der Waals surface area contributed by atoms with Crippen molar-refractivity contribution in [3.63, 3.8) is 0 Å². The highest BCUT2D eigenvalue weighted by Gasteiger charge is 2.23. The lowest BCUT2D eigenvalue weighted by Gasteiger charge is -1.97. The van der Waals surface area contributed by atoms with Crippen molar-refractivity contribution in [3.05, 3.63) is 40.8 Å². The first-order chi connectivity index (χ1) is 11.2. The molecule has 3 heterocycles. The molecule has 0 radical (unpaired) electrons. The molecular weight excluding hydrogens is 292 g/mol. The van der Waals surface area contributed by atoms with Crippen LogP contribution in [0.15, 0.2) is 16.7 Å². The number of aromatic amines is 1. The lowest BCUT2D eigenvalue weighted by atomic mass is 10.1. The molecule has 0 amide bonds. The highest BCUT2D eigenvalue weighted by atomic mass is 16.5. The van der Waals surface area contributed by atoms with Gasteiger partial charge in [0.2, 0.25) is 5.89 Å². The van der Waals surface area contributed by atoms with Crippen LogP contribution in [0.1, 0.15) is 41.0 Å². The Labute approximate surface area is 134 Å². The Bertz CT molecular complexity index is 791. The SMILES string of the molecule is Cc1cc2nc(CCc3nc([C@H]4CCOC4)no3)[nH]c2cc1C. The first-order valence-corrected chi connectivity index (χ1v) is 8.05. The summed E-state index contributed by atoms with van der Waals surface area (Å²) in [5.74, 6) is 2.67. The number of hydrogen-bond acceptors (Lipinski definition) is 5. The Morgan fingerprint density at radius 3 is 2.87 bits per heavy atom. The van der Waals surface area contributed by atoms with Gasteiger partial charge in [0.1, 0.15) is 5.82 Å². The minimum absolute atomic E-state index is 0.282. The van der Waals surface area contributed by atoms with Gasteiger partial charge < -0.3 is 14.2 Å². The molecule has 0 aliphatic carbocycles. The summed E-state index contributed by atoms with van der Waals surface area (Å²) in [6.07, 6.45) is 2.43. The van der Waals surface area contributed by atoms with Crippen LogP contribution in [-0.4, -0.2) is 33.3 Å². The summed E-state index contributed by atoms with van der Waals surface area (Å²) in [4.78, 5) is 12.5. The van der Waals surface area contributed by atoms with E-state index in [4.69, 9.17) is 9.26 Å². The molecule has 0 spiro atoms. The van der Waals surface area contributed by atoms with Gasteiger partial charge in [0.25, 0.3) is 0 Å². The lowest BCUT2D eigenvalue weighted by Crippen LogP contribution is -2.00. The number of nitrogens with one attached hydrogen (secondary N) is 1. The number of aromatic nitrogens is 4. The maximum atomic E-state index is 5.37. The number of ether oxygens (including phenoxy) is 1. The fourth-order valence-electron chi connectivity index (χ4n) is 2.94. The summed E-state index contributed by atoms with van der Waals surface area (Å²) in [6, 6.07) is 4.27. The van der Waals surface area contributed by atoms with Gasteiger partial charge >= 0.3 is 0 Å². The van der Waals surface area contributed by atoms with Gasteiger partial charge in [-0.3, -0.25) is 0 Å². The standard InChI is InChI=1S/C17H20N4O2/c1-10-7-13-14(8-11(10)2)19-15(18-13)3-4-16-20-17(21-23-16)12-5-6-22-9-12/h7-8,12H,3-6,9H2,1-2H3,(H,18,19)/t12-/m0/s1. The Kier molecular flexibility index (Phi) is 3.61. The van der Waals surface area contributed by atoms with Crippen LogP contribution >= 0.6 is 0 Å². The molecule has 120 valence electrons. The van der Waals surface area contributed by atoms with E-state index in [0.29, 0.717) is 18.9 Å². The quantitative estimate of drug-likeness (QED) is 0.801. The third kappa shape index (κ3) is 2.86. The average molecular weight is 312 g/mol. The largest absolute Gasteiger partial charge is 0.381 e. The van der Waals surface area contributed by atoms with Crippen LogP contribution < -0.4 is 0 Å². The highest BCUT2D eigenvalue weighted by Crippen LogP contribution is 2.23. The monoisotopic (exact) mass is 312 g/mol. The molecule has 1 atom stereocenters. The fourth-order valence-corrected chi connectivity index (χ4v) is 2.94. The van der Waals surface area contributed by atoms with E-state index in [-0.39, 0.29) is 5.92 Å². The first kappa shape index (κ1) is 14.4. The van der Waals surface area contributed by atoms with Crippen LogP contribution in [-0.2, 0) is 17.6 Å². The van der Waals surface area contributed by atoms with Crippen LogP contribution in [0.25, 0.3) is 11.0 Å². The summed E-state index contributed by atoms with van der Waals surface area (Å²) in [7, 11) is 0. The smallest absolute Gasteiger partial charge is 0.227 e. The second-order valence-corrected chi connectivity index (χ2v) is 6.24. The van der Waals surface area contributed by atoms with Crippen molar-refractivity contribution in [2.24, 2.45) is 0 Å². The summed E-state index contributed by atoms with van der Waals surface area (Å²) < 4.78 is 10.7. The van der Waals surface area contributed by atoms with Crippen LogP contribution in [0, 0.1) is 13.8 Å². The van der Waals surface area contributed by atoms with Crippen molar-refractivity contribution in [3.8, 4) is 0 Å². The Morgan fingerprint density at radius 2 is 2.04 bits per heavy atom. The molecule has 6 nitrogen and oxygen atoms in total. The van der Waals surface area contributed by atoms with Gasteiger partial charge in [-0.1, -0.05) is 5.16 Å². The molecule has 23 heavy (non-hydrogen) atoms. The Balaban J connectivity index is 1.46. The second-order valence-electron chi connectivity index (χ2n) is 6.24. The van der Waals surface area contributed by atoms with Gasteiger partial charge in [-0.25, -0.2) is 4.98 Å². The van der Waals surface area contributed by atoms with Gasteiger partial charge in [-0.2, -0.15) is 4.98 Å². The molecule has 1 aliphatic rings. The molecule has 2 aromatic heterocycles. The molecule has 1 N–H and O–H groups in total. The van der Waals surface area contributed by atoms with E-state index in [0.717, 1.165) is 42.1 Å². The minimum atomic E-state index is 0.282. The summed E-state index contributed by atoms with van der Waals surface area (Å²) in [5, 5.41) is 4.08. The van der Waals surface area contributed by atoms with Gasteiger partial charge in [0.05, 0.1) is 17.6 Å². The molecule has 1 fully saturated rings. The molecule has 1 saturated heterocycles. The summed E-state index contributed by atoms with van der Waals surface area (Å²) in [5.41, 5.74) is 4.62. The van der Waals surface area contributed by atoms with Crippen molar-refractivity contribution in [1.29, 1.82) is 0 Å². The number of nitrogens with zero attached hydrogens (tertiary/aromatic N) is 3. The van der Waals surface area contributed by atoms with E-state index in [2.05, 4.69) is 46.1 Å². The predicted molar refractivity (Wildman–Crippen MR) is 85.5 cm³/mol. The number of hydrogen-bond donors (Lipinski definition) is 1. The molecule has 6 heteroatoms. The maximum Gasteiger partial charge on any atom is 0.227 e. The molecule has 0 saturated carbocycles. The fraction of sp³-hybridized carbons (Fsp3) is 0.471. The van der Waals surface area contributed by atoms with Crippen LogP contribution in [0.2, 0.25) is 0 Å². The molecule has 1 aromatic carbocycles. The summed E-state index contributed by atoms with van der Waals surface area (Å²) in [6.45, 7) is 5.70. The number of benzene rings is 1. The van der Waals surface area contributed by atoms with Crippen LogP contribution in [0.5, 0.6) is 0 Å². The molecule has 3 aromatic rings. The maximum absolute atomic E-state index is 5.37.